The van der Waals surface area contributed by atoms with Crippen LogP contribution in [0.15, 0.2) is 5.16 Å². The molecule has 1 aliphatic carbocycles. The Morgan fingerprint density at radius 1 is 1.20 bits per heavy atom. The molecule has 0 unspecified atom stereocenters. The van der Waals surface area contributed by atoms with Crippen molar-refractivity contribution in [3.63, 3.8) is 0 Å². The summed E-state index contributed by atoms with van der Waals surface area (Å²) in [6, 6.07) is 0.441. The first-order valence-electron chi connectivity index (χ1n) is 6.26. The van der Waals surface area contributed by atoms with Crippen LogP contribution in [0.2, 0.25) is 0 Å². The Labute approximate surface area is 92.1 Å². The Hall–Kier alpha value is -0.570. The third-order valence-electron chi connectivity index (χ3n) is 3.93. The summed E-state index contributed by atoms with van der Waals surface area (Å²) in [6.07, 6.45) is 7.27. The molecule has 15 heavy (non-hydrogen) atoms. The maximum atomic E-state index is 9.01. The number of likely N-dealkylation sites (tertiary alicyclic amines) is 1. The number of hydrogen-bond acceptors (Lipinski definition) is 3. The lowest BCUT2D eigenvalue weighted by atomic mass is 9.89. The van der Waals surface area contributed by atoms with Gasteiger partial charge in [0.05, 0.1) is 11.8 Å². The van der Waals surface area contributed by atoms with E-state index in [2.05, 4.69) is 17.0 Å². The first-order chi connectivity index (χ1) is 7.31. The van der Waals surface area contributed by atoms with Crippen LogP contribution in [0.25, 0.3) is 0 Å². The predicted octanol–water partition coefficient (Wildman–Crippen LogP) is 2.49. The lowest BCUT2D eigenvalue weighted by molar-refractivity contribution is 0.154. The minimum absolute atomic E-state index is 0.441. The standard InChI is InChI=1S/C12H22N2O/c1-10-6-8-14(9-7-10)12-5-3-2-4-11(12)13-15/h10,12,15H,2-9H2,1H3/b13-11+/t12-/m1/s1. The molecule has 3 heteroatoms. The van der Waals surface area contributed by atoms with Crippen LogP contribution in [0.1, 0.15) is 45.4 Å². The second-order valence-corrected chi connectivity index (χ2v) is 5.07. The van der Waals surface area contributed by atoms with E-state index in [1.54, 1.807) is 0 Å². The van der Waals surface area contributed by atoms with Gasteiger partial charge in [-0.2, -0.15) is 0 Å². The quantitative estimate of drug-likeness (QED) is 0.533. The number of piperidine rings is 1. The smallest absolute Gasteiger partial charge is 0.0742 e. The van der Waals surface area contributed by atoms with Crippen LogP contribution >= 0.6 is 0 Å². The highest BCUT2D eigenvalue weighted by Crippen LogP contribution is 2.25. The van der Waals surface area contributed by atoms with Gasteiger partial charge < -0.3 is 5.21 Å². The number of rotatable bonds is 1. The molecule has 1 atom stereocenters. The van der Waals surface area contributed by atoms with Crippen molar-refractivity contribution in [1.29, 1.82) is 0 Å². The Bertz CT molecular complexity index is 232. The average molecular weight is 210 g/mol. The molecule has 1 heterocycles. The van der Waals surface area contributed by atoms with E-state index in [4.69, 9.17) is 5.21 Å². The molecule has 0 amide bonds. The van der Waals surface area contributed by atoms with Gasteiger partial charge in [-0.1, -0.05) is 18.5 Å². The normalized spacial score (nSPS) is 33.4. The van der Waals surface area contributed by atoms with E-state index < -0.39 is 0 Å². The second kappa shape index (κ2) is 4.97. The van der Waals surface area contributed by atoms with Gasteiger partial charge in [-0.05, 0) is 51.1 Å². The Balaban J connectivity index is 1.96. The fraction of sp³-hybridized carbons (Fsp3) is 0.917. The van der Waals surface area contributed by atoms with Crippen LogP contribution < -0.4 is 0 Å². The Morgan fingerprint density at radius 3 is 2.60 bits per heavy atom. The highest BCUT2D eigenvalue weighted by Gasteiger charge is 2.29. The zero-order valence-corrected chi connectivity index (χ0v) is 9.65. The SMILES string of the molecule is CC1CCN([C@@H]2CCCC/C2=N\O)CC1. The average Bonchev–Trinajstić information content (AvgIpc) is 2.30. The summed E-state index contributed by atoms with van der Waals surface area (Å²) in [5.74, 6) is 0.874. The highest BCUT2D eigenvalue weighted by molar-refractivity contribution is 5.89. The van der Waals surface area contributed by atoms with Gasteiger partial charge in [0.15, 0.2) is 0 Å². The molecule has 0 bridgehead atoms. The van der Waals surface area contributed by atoms with Gasteiger partial charge in [-0.25, -0.2) is 0 Å². The fourth-order valence-corrected chi connectivity index (χ4v) is 2.83. The van der Waals surface area contributed by atoms with Crippen LogP contribution in [-0.2, 0) is 0 Å². The second-order valence-electron chi connectivity index (χ2n) is 5.07. The van der Waals surface area contributed by atoms with Gasteiger partial charge in [0, 0.05) is 0 Å². The van der Waals surface area contributed by atoms with E-state index in [0.717, 1.165) is 18.1 Å². The molecule has 2 aliphatic rings. The summed E-state index contributed by atoms with van der Waals surface area (Å²) >= 11 is 0. The van der Waals surface area contributed by atoms with E-state index in [-0.39, 0.29) is 0 Å². The van der Waals surface area contributed by atoms with Crippen molar-refractivity contribution in [2.75, 3.05) is 13.1 Å². The molecule has 0 radical (unpaired) electrons. The fourth-order valence-electron chi connectivity index (χ4n) is 2.83. The minimum atomic E-state index is 0.441. The monoisotopic (exact) mass is 210 g/mol. The van der Waals surface area contributed by atoms with Crippen molar-refractivity contribution >= 4 is 5.71 Å². The first kappa shape index (κ1) is 10.9. The van der Waals surface area contributed by atoms with Crippen LogP contribution in [0.5, 0.6) is 0 Å². The molecular weight excluding hydrogens is 188 g/mol. The molecule has 2 fully saturated rings. The molecule has 0 spiro atoms. The van der Waals surface area contributed by atoms with Crippen molar-refractivity contribution in [2.45, 2.75) is 51.5 Å². The zero-order valence-electron chi connectivity index (χ0n) is 9.65. The van der Waals surface area contributed by atoms with Crippen LogP contribution in [0.4, 0.5) is 0 Å². The summed E-state index contributed by atoms with van der Waals surface area (Å²) in [5.41, 5.74) is 1.02. The minimum Gasteiger partial charge on any atom is -0.411 e. The third kappa shape index (κ3) is 2.51. The summed E-state index contributed by atoms with van der Waals surface area (Å²) in [6.45, 7) is 4.70. The molecule has 0 aromatic heterocycles. The lowest BCUT2D eigenvalue weighted by Crippen LogP contribution is -2.46. The molecule has 2 rings (SSSR count). The highest BCUT2D eigenvalue weighted by atomic mass is 16.4. The number of oxime groups is 1. The van der Waals surface area contributed by atoms with Gasteiger partial charge in [-0.3, -0.25) is 4.90 Å². The molecule has 1 saturated heterocycles. The molecular formula is C12H22N2O. The number of hydrogen-bond donors (Lipinski definition) is 1. The molecule has 1 N–H and O–H groups in total. The van der Waals surface area contributed by atoms with E-state index in [1.807, 2.05) is 0 Å². The van der Waals surface area contributed by atoms with Crippen LogP contribution in [-0.4, -0.2) is 35.0 Å². The Kier molecular flexibility index (Phi) is 3.62. The first-order valence-corrected chi connectivity index (χ1v) is 6.26. The van der Waals surface area contributed by atoms with E-state index >= 15 is 0 Å². The van der Waals surface area contributed by atoms with Crippen molar-refractivity contribution in [3.05, 3.63) is 0 Å². The largest absolute Gasteiger partial charge is 0.411 e. The van der Waals surface area contributed by atoms with Crippen LogP contribution in [0.3, 0.4) is 0 Å². The molecule has 0 aromatic rings. The summed E-state index contributed by atoms with van der Waals surface area (Å²) in [7, 11) is 0. The number of nitrogens with zero attached hydrogens (tertiary/aromatic N) is 2. The third-order valence-corrected chi connectivity index (χ3v) is 3.93. The van der Waals surface area contributed by atoms with E-state index in [9.17, 15) is 0 Å². The van der Waals surface area contributed by atoms with Gasteiger partial charge in [0.25, 0.3) is 0 Å². The molecule has 1 saturated carbocycles. The van der Waals surface area contributed by atoms with Gasteiger partial charge in [-0.15, -0.1) is 0 Å². The predicted molar refractivity (Wildman–Crippen MR) is 61.4 cm³/mol. The zero-order chi connectivity index (χ0) is 10.7. The topological polar surface area (TPSA) is 35.8 Å². The van der Waals surface area contributed by atoms with Gasteiger partial charge >= 0.3 is 0 Å². The van der Waals surface area contributed by atoms with Crippen molar-refractivity contribution in [1.82, 2.24) is 4.90 Å². The van der Waals surface area contributed by atoms with Crippen molar-refractivity contribution in [2.24, 2.45) is 11.1 Å². The maximum Gasteiger partial charge on any atom is 0.0742 e. The molecule has 3 nitrogen and oxygen atoms in total. The van der Waals surface area contributed by atoms with E-state index in [1.165, 1.54) is 45.2 Å². The van der Waals surface area contributed by atoms with E-state index in [0.29, 0.717) is 6.04 Å². The molecule has 0 aromatic carbocycles. The Morgan fingerprint density at radius 2 is 1.93 bits per heavy atom. The maximum absolute atomic E-state index is 9.01. The summed E-state index contributed by atoms with van der Waals surface area (Å²) in [4.78, 5) is 2.52. The van der Waals surface area contributed by atoms with Crippen molar-refractivity contribution < 1.29 is 5.21 Å². The van der Waals surface area contributed by atoms with Crippen molar-refractivity contribution in [3.8, 4) is 0 Å². The summed E-state index contributed by atoms with van der Waals surface area (Å²) < 4.78 is 0. The lowest BCUT2D eigenvalue weighted by Gasteiger charge is -2.38. The summed E-state index contributed by atoms with van der Waals surface area (Å²) in [5, 5.41) is 12.5. The molecule has 1 aliphatic heterocycles. The molecule has 86 valence electrons. The van der Waals surface area contributed by atoms with Gasteiger partial charge in [0.1, 0.15) is 0 Å². The van der Waals surface area contributed by atoms with Gasteiger partial charge in [0.2, 0.25) is 0 Å². The van der Waals surface area contributed by atoms with Crippen LogP contribution in [0, 0.1) is 5.92 Å².